The number of aryl methyl sites for hydroxylation is 4. The normalized spacial score (nSPS) is 14.5. The van der Waals surface area contributed by atoms with Gasteiger partial charge < -0.3 is 0 Å². The van der Waals surface area contributed by atoms with Gasteiger partial charge in [-0.2, -0.15) is 0 Å². The molecule has 22 heavy (non-hydrogen) atoms. The average molecular weight is 290 g/mol. The lowest BCUT2D eigenvalue weighted by Gasteiger charge is -2.17. The Morgan fingerprint density at radius 1 is 0.545 bits per heavy atom. The van der Waals surface area contributed by atoms with Crippen LogP contribution in [0.2, 0.25) is 0 Å². The van der Waals surface area contributed by atoms with Crippen LogP contribution < -0.4 is 0 Å². The highest BCUT2D eigenvalue weighted by Crippen LogP contribution is 2.18. The van der Waals surface area contributed by atoms with Gasteiger partial charge in [-0.3, -0.25) is 9.98 Å². The molecule has 0 bridgehead atoms. The molecule has 3 rings (SSSR count). The Hall–Kier alpha value is -2.22. The van der Waals surface area contributed by atoms with Crippen molar-refractivity contribution < 1.29 is 0 Å². The molecule has 2 aromatic rings. The van der Waals surface area contributed by atoms with E-state index < -0.39 is 0 Å². The number of hydrogen-bond donors (Lipinski definition) is 0. The van der Waals surface area contributed by atoms with Gasteiger partial charge in [0.2, 0.25) is 0 Å². The maximum atomic E-state index is 4.78. The smallest absolute Gasteiger partial charge is 0.0905 e. The minimum Gasteiger partial charge on any atom is -0.281 e. The quantitative estimate of drug-likeness (QED) is 0.791. The lowest BCUT2D eigenvalue weighted by Crippen LogP contribution is -2.23. The van der Waals surface area contributed by atoms with E-state index in [1.807, 2.05) is 0 Å². The van der Waals surface area contributed by atoms with Gasteiger partial charge in [0.1, 0.15) is 0 Å². The van der Waals surface area contributed by atoms with Gasteiger partial charge in [0.15, 0.2) is 0 Å². The van der Waals surface area contributed by atoms with Crippen LogP contribution >= 0.6 is 0 Å². The number of rotatable bonds is 2. The van der Waals surface area contributed by atoms with E-state index in [1.54, 1.807) is 0 Å². The Kier molecular flexibility index (Phi) is 3.93. The molecule has 2 nitrogen and oxygen atoms in total. The summed E-state index contributed by atoms with van der Waals surface area (Å²) in [6.07, 6.45) is 0. The molecule has 0 N–H and O–H groups in total. The molecule has 112 valence electrons. The van der Waals surface area contributed by atoms with Crippen molar-refractivity contribution in [3.63, 3.8) is 0 Å². The summed E-state index contributed by atoms with van der Waals surface area (Å²) in [6.45, 7) is 10.1. The summed E-state index contributed by atoms with van der Waals surface area (Å²) in [6, 6.07) is 13.2. The largest absolute Gasteiger partial charge is 0.281 e. The first-order chi connectivity index (χ1) is 10.5. The third kappa shape index (κ3) is 3.01. The molecule has 0 spiro atoms. The van der Waals surface area contributed by atoms with Crippen molar-refractivity contribution in [1.82, 2.24) is 0 Å². The first-order valence-electron chi connectivity index (χ1n) is 7.79. The SMILES string of the molecule is Cc1cc(C)cc(C2=NCCN=C2c2cc(C)cc(C)c2)c1. The van der Waals surface area contributed by atoms with E-state index in [9.17, 15) is 0 Å². The lowest BCUT2D eigenvalue weighted by atomic mass is 9.94. The van der Waals surface area contributed by atoms with Crippen LogP contribution in [0.25, 0.3) is 0 Å². The van der Waals surface area contributed by atoms with Gasteiger partial charge in [-0.05, 0) is 52.0 Å². The van der Waals surface area contributed by atoms with Crippen LogP contribution in [-0.2, 0) is 0 Å². The molecule has 0 saturated heterocycles. The maximum absolute atomic E-state index is 4.78. The predicted molar refractivity (Wildman–Crippen MR) is 94.6 cm³/mol. The van der Waals surface area contributed by atoms with Crippen molar-refractivity contribution in [2.45, 2.75) is 27.7 Å². The van der Waals surface area contributed by atoms with Gasteiger partial charge in [0, 0.05) is 11.1 Å². The molecule has 2 heteroatoms. The van der Waals surface area contributed by atoms with E-state index in [0.717, 1.165) is 24.5 Å². The van der Waals surface area contributed by atoms with Crippen molar-refractivity contribution >= 4 is 11.4 Å². The molecule has 1 aliphatic rings. The standard InChI is InChI=1S/C20H22N2/c1-13-7-14(2)10-17(9-13)19-20(22-6-5-21-19)18-11-15(3)8-16(4)12-18/h7-12H,5-6H2,1-4H3. The highest BCUT2D eigenvalue weighted by Gasteiger charge is 2.17. The van der Waals surface area contributed by atoms with Gasteiger partial charge in [-0.15, -0.1) is 0 Å². The number of aliphatic imine (C=N–C) groups is 2. The van der Waals surface area contributed by atoms with Gasteiger partial charge in [-0.1, -0.05) is 34.4 Å². The molecule has 0 atom stereocenters. The Morgan fingerprint density at radius 3 is 1.18 bits per heavy atom. The molecular weight excluding hydrogens is 268 g/mol. The summed E-state index contributed by atoms with van der Waals surface area (Å²) in [5.41, 5.74) is 9.48. The van der Waals surface area contributed by atoms with Crippen molar-refractivity contribution in [2.75, 3.05) is 13.1 Å². The summed E-state index contributed by atoms with van der Waals surface area (Å²) >= 11 is 0. The average Bonchev–Trinajstić information content (AvgIpc) is 2.45. The van der Waals surface area contributed by atoms with Gasteiger partial charge in [0.05, 0.1) is 24.5 Å². The third-order valence-electron chi connectivity index (χ3n) is 3.85. The zero-order valence-electron chi connectivity index (χ0n) is 13.8. The van der Waals surface area contributed by atoms with Crippen molar-refractivity contribution in [1.29, 1.82) is 0 Å². The lowest BCUT2D eigenvalue weighted by molar-refractivity contribution is 0.964. The van der Waals surface area contributed by atoms with Crippen molar-refractivity contribution in [3.05, 3.63) is 69.8 Å². The molecule has 0 unspecified atom stereocenters. The first kappa shape index (κ1) is 14.7. The third-order valence-corrected chi connectivity index (χ3v) is 3.85. The molecule has 0 saturated carbocycles. The van der Waals surface area contributed by atoms with Crippen LogP contribution in [0.3, 0.4) is 0 Å². The van der Waals surface area contributed by atoms with Crippen LogP contribution in [0, 0.1) is 27.7 Å². The molecule has 0 aliphatic carbocycles. The molecule has 2 aromatic carbocycles. The monoisotopic (exact) mass is 290 g/mol. The van der Waals surface area contributed by atoms with Crippen LogP contribution in [0.1, 0.15) is 33.4 Å². The van der Waals surface area contributed by atoms with Crippen LogP contribution in [0.5, 0.6) is 0 Å². The van der Waals surface area contributed by atoms with Crippen LogP contribution in [-0.4, -0.2) is 24.5 Å². The van der Waals surface area contributed by atoms with E-state index in [4.69, 9.17) is 9.98 Å². The second-order valence-electron chi connectivity index (χ2n) is 6.21. The fourth-order valence-electron chi connectivity index (χ4n) is 3.15. The Bertz CT molecular complexity index is 674. The van der Waals surface area contributed by atoms with E-state index in [1.165, 1.54) is 33.4 Å². The van der Waals surface area contributed by atoms with Crippen LogP contribution in [0.4, 0.5) is 0 Å². The van der Waals surface area contributed by atoms with Crippen molar-refractivity contribution in [2.24, 2.45) is 9.98 Å². The molecule has 0 fully saturated rings. The Labute approximate surface area is 132 Å². The van der Waals surface area contributed by atoms with E-state index in [-0.39, 0.29) is 0 Å². The van der Waals surface area contributed by atoms with Crippen LogP contribution in [0.15, 0.2) is 46.4 Å². The Balaban J connectivity index is 2.10. The highest BCUT2D eigenvalue weighted by molar-refractivity contribution is 6.53. The zero-order valence-corrected chi connectivity index (χ0v) is 13.8. The zero-order chi connectivity index (χ0) is 15.7. The molecular formula is C20H22N2. The summed E-state index contributed by atoms with van der Waals surface area (Å²) in [4.78, 5) is 9.57. The molecule has 0 radical (unpaired) electrons. The summed E-state index contributed by atoms with van der Waals surface area (Å²) in [5, 5.41) is 0. The van der Waals surface area contributed by atoms with Crippen molar-refractivity contribution in [3.8, 4) is 0 Å². The topological polar surface area (TPSA) is 24.7 Å². The fourth-order valence-corrected chi connectivity index (χ4v) is 3.15. The Morgan fingerprint density at radius 2 is 0.864 bits per heavy atom. The molecule has 0 amide bonds. The van der Waals surface area contributed by atoms with Gasteiger partial charge in [0.25, 0.3) is 0 Å². The van der Waals surface area contributed by atoms with E-state index in [0.29, 0.717) is 0 Å². The molecule has 0 aromatic heterocycles. The highest BCUT2D eigenvalue weighted by atomic mass is 14.9. The van der Waals surface area contributed by atoms with Gasteiger partial charge >= 0.3 is 0 Å². The van der Waals surface area contributed by atoms with E-state index >= 15 is 0 Å². The predicted octanol–water partition coefficient (Wildman–Crippen LogP) is 4.21. The second kappa shape index (κ2) is 5.88. The summed E-state index contributed by atoms with van der Waals surface area (Å²) < 4.78 is 0. The number of hydrogen-bond acceptors (Lipinski definition) is 2. The minimum atomic E-state index is 0.774. The fraction of sp³-hybridized carbons (Fsp3) is 0.300. The van der Waals surface area contributed by atoms with E-state index in [2.05, 4.69) is 64.1 Å². The number of benzene rings is 2. The summed E-state index contributed by atoms with van der Waals surface area (Å²) in [7, 11) is 0. The van der Waals surface area contributed by atoms with Gasteiger partial charge in [-0.25, -0.2) is 0 Å². The molecule has 1 aliphatic heterocycles. The first-order valence-corrected chi connectivity index (χ1v) is 7.79. The minimum absolute atomic E-state index is 0.774. The maximum Gasteiger partial charge on any atom is 0.0905 e. The second-order valence-corrected chi connectivity index (χ2v) is 6.21. The summed E-state index contributed by atoms with van der Waals surface area (Å²) in [5.74, 6) is 0. The number of nitrogens with zero attached hydrogens (tertiary/aromatic N) is 2. The molecule has 1 heterocycles.